The Bertz CT molecular complexity index is 866. The van der Waals surface area contributed by atoms with E-state index in [1.54, 1.807) is 0 Å². The molecule has 2 aromatic carbocycles. The molecule has 0 aliphatic heterocycles. The van der Waals surface area contributed by atoms with Crippen molar-refractivity contribution in [3.05, 3.63) is 70.6 Å². The second kappa shape index (κ2) is 7.06. The summed E-state index contributed by atoms with van der Waals surface area (Å²) in [5.74, 6) is 0. The summed E-state index contributed by atoms with van der Waals surface area (Å²) in [4.78, 5) is 4.43. The van der Waals surface area contributed by atoms with Crippen LogP contribution in [0.5, 0.6) is 0 Å². The van der Waals surface area contributed by atoms with Gasteiger partial charge in [0, 0.05) is 10.9 Å². The largest absolute Gasteiger partial charge is 0.416 e. The van der Waals surface area contributed by atoms with Crippen molar-refractivity contribution in [2.24, 2.45) is 5.10 Å². The van der Waals surface area contributed by atoms with Gasteiger partial charge in [0.05, 0.1) is 17.5 Å². The molecule has 0 saturated carbocycles. The van der Waals surface area contributed by atoms with Gasteiger partial charge in [-0.2, -0.15) is 18.3 Å². The SMILES string of the molecule is Cc1ccc(-c2csc(N/N=C\c3ccc(C(F)(F)F)cc3)n2)cc1. The number of nitrogens with zero attached hydrogens (tertiary/aromatic N) is 2. The first-order chi connectivity index (χ1) is 11.9. The summed E-state index contributed by atoms with van der Waals surface area (Å²) in [7, 11) is 0. The quantitative estimate of drug-likeness (QED) is 0.486. The molecule has 0 aliphatic rings. The summed E-state index contributed by atoms with van der Waals surface area (Å²) in [5.41, 5.74) is 5.72. The first-order valence-electron chi connectivity index (χ1n) is 7.41. The number of aromatic nitrogens is 1. The van der Waals surface area contributed by atoms with Gasteiger partial charge in [-0.15, -0.1) is 11.3 Å². The summed E-state index contributed by atoms with van der Waals surface area (Å²) < 4.78 is 37.5. The fourth-order valence-corrected chi connectivity index (χ4v) is 2.77. The monoisotopic (exact) mass is 361 g/mol. The van der Waals surface area contributed by atoms with Gasteiger partial charge in [-0.25, -0.2) is 4.98 Å². The van der Waals surface area contributed by atoms with E-state index in [1.165, 1.54) is 35.2 Å². The zero-order valence-electron chi connectivity index (χ0n) is 13.2. The van der Waals surface area contributed by atoms with Crippen LogP contribution in [0, 0.1) is 6.92 Å². The van der Waals surface area contributed by atoms with Crippen LogP contribution in [0.1, 0.15) is 16.7 Å². The number of nitrogens with one attached hydrogen (secondary N) is 1. The number of benzene rings is 2. The Morgan fingerprint density at radius 2 is 1.72 bits per heavy atom. The van der Waals surface area contributed by atoms with Crippen molar-refractivity contribution in [2.45, 2.75) is 13.1 Å². The second-order valence-electron chi connectivity index (χ2n) is 5.39. The number of hydrogen-bond acceptors (Lipinski definition) is 4. The number of anilines is 1. The molecule has 0 radical (unpaired) electrons. The Labute approximate surface area is 146 Å². The van der Waals surface area contributed by atoms with Gasteiger partial charge >= 0.3 is 6.18 Å². The van der Waals surface area contributed by atoms with Gasteiger partial charge in [-0.3, -0.25) is 5.43 Å². The lowest BCUT2D eigenvalue weighted by Crippen LogP contribution is -2.04. The molecule has 25 heavy (non-hydrogen) atoms. The number of rotatable bonds is 4. The lowest BCUT2D eigenvalue weighted by atomic mass is 10.1. The van der Waals surface area contributed by atoms with E-state index in [-0.39, 0.29) is 0 Å². The van der Waals surface area contributed by atoms with Gasteiger partial charge in [-0.1, -0.05) is 42.0 Å². The number of aryl methyl sites for hydroxylation is 1. The Morgan fingerprint density at radius 1 is 1.04 bits per heavy atom. The predicted octanol–water partition coefficient (Wildman–Crippen LogP) is 5.58. The van der Waals surface area contributed by atoms with Crippen molar-refractivity contribution < 1.29 is 13.2 Å². The van der Waals surface area contributed by atoms with E-state index in [9.17, 15) is 13.2 Å². The molecule has 1 aromatic heterocycles. The molecule has 3 aromatic rings. The van der Waals surface area contributed by atoms with E-state index in [4.69, 9.17) is 0 Å². The maximum atomic E-state index is 12.5. The molecular weight excluding hydrogens is 347 g/mol. The lowest BCUT2D eigenvalue weighted by Gasteiger charge is -2.05. The summed E-state index contributed by atoms with van der Waals surface area (Å²) in [5, 5.41) is 6.54. The van der Waals surface area contributed by atoms with Crippen LogP contribution >= 0.6 is 11.3 Å². The second-order valence-corrected chi connectivity index (χ2v) is 6.25. The highest BCUT2D eigenvalue weighted by molar-refractivity contribution is 7.14. The van der Waals surface area contributed by atoms with Crippen molar-refractivity contribution >= 4 is 22.7 Å². The van der Waals surface area contributed by atoms with Crippen LogP contribution in [0.15, 0.2) is 59.0 Å². The molecule has 0 bridgehead atoms. The molecule has 1 heterocycles. The predicted molar refractivity (Wildman–Crippen MR) is 94.9 cm³/mol. The molecule has 0 amide bonds. The maximum Gasteiger partial charge on any atom is 0.416 e. The van der Waals surface area contributed by atoms with Gasteiger partial charge < -0.3 is 0 Å². The summed E-state index contributed by atoms with van der Waals surface area (Å²) in [6, 6.07) is 12.8. The van der Waals surface area contributed by atoms with Crippen LogP contribution < -0.4 is 5.43 Å². The van der Waals surface area contributed by atoms with Crippen molar-refractivity contribution in [1.29, 1.82) is 0 Å². The molecule has 0 saturated heterocycles. The molecule has 0 fully saturated rings. The Balaban J connectivity index is 1.64. The molecule has 1 N–H and O–H groups in total. The van der Waals surface area contributed by atoms with Crippen LogP contribution in [-0.4, -0.2) is 11.2 Å². The highest BCUT2D eigenvalue weighted by Crippen LogP contribution is 2.29. The third-order valence-electron chi connectivity index (χ3n) is 3.46. The van der Waals surface area contributed by atoms with Crippen molar-refractivity contribution in [3.8, 4) is 11.3 Å². The summed E-state index contributed by atoms with van der Waals surface area (Å²) >= 11 is 1.40. The van der Waals surface area contributed by atoms with Gasteiger partial charge in [0.25, 0.3) is 0 Å². The van der Waals surface area contributed by atoms with Crippen LogP contribution in [0.2, 0.25) is 0 Å². The van der Waals surface area contributed by atoms with Crippen LogP contribution in [0.25, 0.3) is 11.3 Å². The van der Waals surface area contributed by atoms with E-state index in [0.29, 0.717) is 10.7 Å². The molecule has 0 aliphatic carbocycles. The smallest absolute Gasteiger partial charge is 0.253 e. The fourth-order valence-electron chi connectivity index (χ4n) is 2.10. The molecular formula is C18H14F3N3S. The van der Waals surface area contributed by atoms with Gasteiger partial charge in [-0.05, 0) is 24.6 Å². The van der Waals surface area contributed by atoms with E-state index in [2.05, 4.69) is 15.5 Å². The van der Waals surface area contributed by atoms with Crippen molar-refractivity contribution in [2.75, 3.05) is 5.43 Å². The van der Waals surface area contributed by atoms with E-state index >= 15 is 0 Å². The minimum absolute atomic E-state index is 0.566. The topological polar surface area (TPSA) is 37.3 Å². The molecule has 0 spiro atoms. The minimum Gasteiger partial charge on any atom is -0.253 e. The molecule has 3 rings (SSSR count). The number of alkyl halides is 3. The summed E-state index contributed by atoms with van der Waals surface area (Å²) in [6.07, 6.45) is -2.88. The number of hydrogen-bond donors (Lipinski definition) is 1. The van der Waals surface area contributed by atoms with E-state index < -0.39 is 11.7 Å². The number of thiazole rings is 1. The normalized spacial score (nSPS) is 11.8. The maximum absolute atomic E-state index is 12.5. The third-order valence-corrected chi connectivity index (χ3v) is 4.21. The molecule has 3 nitrogen and oxygen atoms in total. The minimum atomic E-state index is -4.33. The van der Waals surface area contributed by atoms with Gasteiger partial charge in [0.15, 0.2) is 0 Å². The Kier molecular flexibility index (Phi) is 4.85. The highest BCUT2D eigenvalue weighted by atomic mass is 32.1. The van der Waals surface area contributed by atoms with Crippen LogP contribution in [-0.2, 0) is 6.18 Å². The fraction of sp³-hybridized carbons (Fsp3) is 0.111. The number of halogens is 3. The zero-order chi connectivity index (χ0) is 17.9. The molecule has 128 valence electrons. The Hall–Kier alpha value is -2.67. The Morgan fingerprint density at radius 3 is 2.36 bits per heavy atom. The van der Waals surface area contributed by atoms with E-state index in [0.717, 1.165) is 23.4 Å². The van der Waals surface area contributed by atoms with Crippen LogP contribution in [0.3, 0.4) is 0 Å². The van der Waals surface area contributed by atoms with Gasteiger partial charge in [0.1, 0.15) is 0 Å². The average molecular weight is 361 g/mol. The van der Waals surface area contributed by atoms with Crippen molar-refractivity contribution in [3.63, 3.8) is 0 Å². The number of hydrazone groups is 1. The average Bonchev–Trinajstić information content (AvgIpc) is 3.04. The summed E-state index contributed by atoms with van der Waals surface area (Å²) in [6.45, 7) is 2.02. The van der Waals surface area contributed by atoms with Gasteiger partial charge in [0.2, 0.25) is 5.13 Å². The molecule has 0 unspecified atom stereocenters. The van der Waals surface area contributed by atoms with E-state index in [1.807, 2.05) is 36.6 Å². The van der Waals surface area contributed by atoms with Crippen LogP contribution in [0.4, 0.5) is 18.3 Å². The lowest BCUT2D eigenvalue weighted by molar-refractivity contribution is -0.137. The highest BCUT2D eigenvalue weighted by Gasteiger charge is 2.29. The third kappa shape index (κ3) is 4.45. The molecule has 7 heteroatoms. The zero-order valence-corrected chi connectivity index (χ0v) is 14.0. The first kappa shape index (κ1) is 17.2. The molecule has 0 atom stereocenters. The van der Waals surface area contributed by atoms with Crippen molar-refractivity contribution in [1.82, 2.24) is 4.98 Å². The first-order valence-corrected chi connectivity index (χ1v) is 8.29. The standard InChI is InChI=1S/C18H14F3N3S/c1-12-2-6-14(7-3-12)16-11-25-17(23-16)24-22-10-13-4-8-15(9-5-13)18(19,20)21/h2-11H,1H3,(H,23,24)/b22-10-.